The first-order valence-electron chi connectivity index (χ1n) is 5.92. The second-order valence-electron chi connectivity index (χ2n) is 4.17. The largest absolute Gasteiger partial charge is 0.488 e. The molecule has 2 aromatic carbocycles. The van der Waals surface area contributed by atoms with Gasteiger partial charge in [0.15, 0.2) is 0 Å². The van der Waals surface area contributed by atoms with E-state index in [9.17, 15) is 10.1 Å². The molecule has 0 aliphatic carbocycles. The Kier molecular flexibility index (Phi) is 5.45. The van der Waals surface area contributed by atoms with Crippen LogP contribution in [0.3, 0.4) is 0 Å². The van der Waals surface area contributed by atoms with Gasteiger partial charge in [0.2, 0.25) is 0 Å². The molecule has 0 saturated carbocycles. The first-order chi connectivity index (χ1) is 10.0. The Morgan fingerprint density at radius 1 is 1.29 bits per heavy atom. The second-order valence-corrected chi connectivity index (χ2v) is 5.76. The van der Waals surface area contributed by atoms with E-state index in [1.165, 1.54) is 12.1 Å². The molecule has 0 heterocycles. The molecule has 0 amide bonds. The summed E-state index contributed by atoms with van der Waals surface area (Å²) in [6.45, 7) is 0.00150. The molecule has 7 heteroatoms. The Hall–Kier alpha value is -1.30. The summed E-state index contributed by atoms with van der Waals surface area (Å²) in [6, 6.07) is 9.93. The number of halogens is 3. The highest BCUT2D eigenvalue weighted by molar-refractivity contribution is 9.10. The molecular weight excluding hydrogens is 381 g/mol. The standard InChI is InChI=1S/C14H10BrCl2NO3/c15-10-4-5-14(9(6-10)7-16)21-8-11-12(17)2-1-3-13(11)18(19)20/h1-6H,7-8H2. The Bertz CT molecular complexity index is 679. The maximum atomic E-state index is 11.0. The maximum Gasteiger partial charge on any atom is 0.277 e. The molecule has 0 unspecified atom stereocenters. The van der Waals surface area contributed by atoms with Gasteiger partial charge in [-0.3, -0.25) is 10.1 Å². The molecule has 110 valence electrons. The summed E-state index contributed by atoms with van der Waals surface area (Å²) in [5.74, 6) is 0.849. The summed E-state index contributed by atoms with van der Waals surface area (Å²) in [7, 11) is 0. The predicted octanol–water partition coefficient (Wildman–Crippen LogP) is 5.33. The van der Waals surface area contributed by atoms with Crippen molar-refractivity contribution < 1.29 is 9.66 Å². The molecule has 0 aliphatic heterocycles. The minimum Gasteiger partial charge on any atom is -0.488 e. The summed E-state index contributed by atoms with van der Waals surface area (Å²) >= 11 is 15.2. The normalized spacial score (nSPS) is 10.4. The van der Waals surface area contributed by atoms with Gasteiger partial charge in [-0.25, -0.2) is 0 Å². The third-order valence-corrected chi connectivity index (χ3v) is 3.96. The van der Waals surface area contributed by atoms with Crippen LogP contribution < -0.4 is 4.74 Å². The lowest BCUT2D eigenvalue weighted by Gasteiger charge is -2.11. The molecule has 0 aromatic heterocycles. The van der Waals surface area contributed by atoms with Crippen molar-refractivity contribution >= 4 is 44.8 Å². The summed E-state index contributed by atoms with van der Waals surface area (Å²) in [5, 5.41) is 11.3. The van der Waals surface area contributed by atoms with E-state index < -0.39 is 4.92 Å². The minimum atomic E-state index is -0.478. The van der Waals surface area contributed by atoms with Crippen LogP contribution in [0.1, 0.15) is 11.1 Å². The SMILES string of the molecule is O=[N+]([O-])c1cccc(Cl)c1COc1ccc(Br)cc1CCl. The molecule has 2 rings (SSSR count). The lowest BCUT2D eigenvalue weighted by Crippen LogP contribution is -2.02. The number of nitro groups is 1. The average Bonchev–Trinajstić information content (AvgIpc) is 2.46. The number of nitro benzene ring substituents is 1. The fourth-order valence-corrected chi connectivity index (χ4v) is 2.65. The van der Waals surface area contributed by atoms with Gasteiger partial charge in [-0.15, -0.1) is 11.6 Å². The highest BCUT2D eigenvalue weighted by Crippen LogP contribution is 2.30. The Morgan fingerprint density at radius 2 is 2.05 bits per heavy atom. The molecule has 0 saturated heterocycles. The van der Waals surface area contributed by atoms with Crippen molar-refractivity contribution in [1.29, 1.82) is 0 Å². The van der Waals surface area contributed by atoms with Gasteiger partial charge in [-0.05, 0) is 24.3 Å². The van der Waals surface area contributed by atoms with Crippen molar-refractivity contribution in [3.05, 3.63) is 67.1 Å². The summed E-state index contributed by atoms with van der Waals surface area (Å²) < 4.78 is 6.53. The molecule has 0 aliphatic rings. The second kappa shape index (κ2) is 7.11. The quantitative estimate of drug-likeness (QED) is 0.394. The lowest BCUT2D eigenvalue weighted by atomic mass is 10.2. The lowest BCUT2D eigenvalue weighted by molar-refractivity contribution is -0.385. The van der Waals surface area contributed by atoms with Crippen molar-refractivity contribution in [2.24, 2.45) is 0 Å². The summed E-state index contributed by atoms with van der Waals surface area (Å²) in [4.78, 5) is 10.5. The smallest absolute Gasteiger partial charge is 0.277 e. The van der Waals surface area contributed by atoms with Crippen LogP contribution in [0.25, 0.3) is 0 Å². The van der Waals surface area contributed by atoms with Gasteiger partial charge in [0.25, 0.3) is 5.69 Å². The van der Waals surface area contributed by atoms with E-state index in [0.717, 1.165) is 10.0 Å². The molecule has 0 N–H and O–H groups in total. The number of alkyl halides is 1. The molecule has 0 fully saturated rings. The van der Waals surface area contributed by atoms with E-state index in [2.05, 4.69) is 15.9 Å². The average molecular weight is 391 g/mol. The van der Waals surface area contributed by atoms with E-state index in [0.29, 0.717) is 16.3 Å². The first-order valence-corrected chi connectivity index (χ1v) is 7.62. The maximum absolute atomic E-state index is 11.0. The van der Waals surface area contributed by atoms with Gasteiger partial charge in [-0.1, -0.05) is 33.6 Å². The Balaban J connectivity index is 2.27. The monoisotopic (exact) mass is 389 g/mol. The number of rotatable bonds is 5. The first kappa shape index (κ1) is 16.1. The summed E-state index contributed by atoms with van der Waals surface area (Å²) in [5.41, 5.74) is 1.07. The van der Waals surface area contributed by atoms with Crippen molar-refractivity contribution in [1.82, 2.24) is 0 Å². The molecule has 0 spiro atoms. The zero-order valence-corrected chi connectivity index (χ0v) is 13.8. The van der Waals surface area contributed by atoms with Gasteiger partial charge in [0, 0.05) is 16.1 Å². The Morgan fingerprint density at radius 3 is 2.71 bits per heavy atom. The van der Waals surface area contributed by atoms with Gasteiger partial charge in [0.05, 0.1) is 21.4 Å². The predicted molar refractivity (Wildman–Crippen MR) is 86.1 cm³/mol. The van der Waals surface area contributed by atoms with Gasteiger partial charge < -0.3 is 4.74 Å². The van der Waals surface area contributed by atoms with Crippen LogP contribution in [-0.4, -0.2) is 4.92 Å². The molecule has 0 radical (unpaired) electrons. The van der Waals surface area contributed by atoms with E-state index in [1.807, 2.05) is 12.1 Å². The van der Waals surface area contributed by atoms with Crippen LogP contribution in [-0.2, 0) is 12.5 Å². The van der Waals surface area contributed by atoms with Crippen LogP contribution in [0.2, 0.25) is 5.02 Å². The van der Waals surface area contributed by atoms with E-state index >= 15 is 0 Å². The zero-order valence-electron chi connectivity index (χ0n) is 10.7. The number of nitrogens with zero attached hydrogens (tertiary/aromatic N) is 1. The fraction of sp³-hybridized carbons (Fsp3) is 0.143. The van der Waals surface area contributed by atoms with Crippen LogP contribution in [0.4, 0.5) is 5.69 Å². The van der Waals surface area contributed by atoms with E-state index in [4.69, 9.17) is 27.9 Å². The highest BCUT2D eigenvalue weighted by atomic mass is 79.9. The fourth-order valence-electron chi connectivity index (χ4n) is 1.80. The molecule has 21 heavy (non-hydrogen) atoms. The molecule has 2 aromatic rings. The van der Waals surface area contributed by atoms with Gasteiger partial charge in [-0.2, -0.15) is 0 Å². The Labute approximate surface area is 139 Å². The number of ether oxygens (including phenoxy) is 1. The minimum absolute atomic E-state index is 0.00150. The van der Waals surface area contributed by atoms with Crippen LogP contribution in [0, 0.1) is 10.1 Å². The highest BCUT2D eigenvalue weighted by Gasteiger charge is 2.17. The number of benzene rings is 2. The van der Waals surface area contributed by atoms with Crippen molar-refractivity contribution in [2.75, 3.05) is 0 Å². The zero-order chi connectivity index (χ0) is 15.4. The third-order valence-electron chi connectivity index (χ3n) is 2.83. The number of hydrogen-bond donors (Lipinski definition) is 0. The molecular formula is C14H10BrCl2NO3. The van der Waals surface area contributed by atoms with E-state index in [-0.39, 0.29) is 18.2 Å². The third kappa shape index (κ3) is 3.87. The molecule has 0 atom stereocenters. The topological polar surface area (TPSA) is 52.4 Å². The molecule has 0 bridgehead atoms. The van der Waals surface area contributed by atoms with Crippen molar-refractivity contribution in [2.45, 2.75) is 12.5 Å². The van der Waals surface area contributed by atoms with Crippen molar-refractivity contribution in [3.63, 3.8) is 0 Å². The van der Waals surface area contributed by atoms with Crippen LogP contribution in [0.15, 0.2) is 40.9 Å². The van der Waals surface area contributed by atoms with Crippen molar-refractivity contribution in [3.8, 4) is 5.75 Å². The van der Waals surface area contributed by atoms with Crippen LogP contribution in [0.5, 0.6) is 5.75 Å². The van der Waals surface area contributed by atoms with Gasteiger partial charge >= 0.3 is 0 Å². The van der Waals surface area contributed by atoms with Crippen LogP contribution >= 0.6 is 39.1 Å². The molecule has 4 nitrogen and oxygen atoms in total. The number of hydrogen-bond acceptors (Lipinski definition) is 3. The van der Waals surface area contributed by atoms with E-state index in [1.54, 1.807) is 12.1 Å². The van der Waals surface area contributed by atoms with Gasteiger partial charge in [0.1, 0.15) is 12.4 Å². The summed E-state index contributed by atoms with van der Waals surface area (Å²) in [6.07, 6.45) is 0.